The van der Waals surface area contributed by atoms with Crippen LogP contribution in [0.3, 0.4) is 0 Å². The van der Waals surface area contributed by atoms with Gasteiger partial charge in [-0.15, -0.1) is 11.3 Å². The molecule has 96 valence electrons. The van der Waals surface area contributed by atoms with E-state index in [2.05, 4.69) is 4.98 Å². The molecule has 7 heteroatoms. The molecule has 1 aromatic rings. The highest BCUT2D eigenvalue weighted by Crippen LogP contribution is 2.20. The lowest BCUT2D eigenvalue weighted by molar-refractivity contribution is -0.137. The number of sulfone groups is 1. The van der Waals surface area contributed by atoms with Gasteiger partial charge in [-0.25, -0.2) is 13.4 Å². The molecule has 0 aromatic carbocycles. The van der Waals surface area contributed by atoms with Crippen molar-refractivity contribution in [3.63, 3.8) is 0 Å². The predicted molar refractivity (Wildman–Crippen MR) is 65.7 cm³/mol. The van der Waals surface area contributed by atoms with E-state index in [9.17, 15) is 13.2 Å². The van der Waals surface area contributed by atoms with Crippen LogP contribution in [-0.4, -0.2) is 29.7 Å². The maximum atomic E-state index is 12.0. The van der Waals surface area contributed by atoms with Crippen LogP contribution in [0.5, 0.6) is 0 Å². The molecular formula is C10H15NO4S2. The molecule has 0 aliphatic heterocycles. The van der Waals surface area contributed by atoms with E-state index >= 15 is 0 Å². The van der Waals surface area contributed by atoms with Crippen molar-refractivity contribution in [2.45, 2.75) is 31.8 Å². The molecule has 1 rings (SSSR count). The standard InChI is InChI=1S/C10H15NO4S2/c1-6(2)9(10(12)13)17(14,15)5-8-11-7(3)4-16-8/h4,6,9H,5H2,1-3H3,(H,12,13). The van der Waals surface area contributed by atoms with Crippen LogP contribution in [0, 0.1) is 12.8 Å². The smallest absolute Gasteiger partial charge is 0.322 e. The van der Waals surface area contributed by atoms with E-state index in [4.69, 9.17) is 5.11 Å². The second-order valence-electron chi connectivity index (χ2n) is 4.19. The lowest BCUT2D eigenvalue weighted by atomic mass is 10.1. The lowest BCUT2D eigenvalue weighted by Crippen LogP contribution is -2.35. The summed E-state index contributed by atoms with van der Waals surface area (Å²) in [5.74, 6) is -2.06. The van der Waals surface area contributed by atoms with E-state index in [0.717, 1.165) is 5.69 Å². The van der Waals surface area contributed by atoms with E-state index in [1.165, 1.54) is 11.3 Å². The van der Waals surface area contributed by atoms with Crippen LogP contribution in [-0.2, 0) is 20.4 Å². The maximum Gasteiger partial charge on any atom is 0.322 e. The van der Waals surface area contributed by atoms with E-state index < -0.39 is 27.0 Å². The number of aliphatic carboxylic acids is 1. The van der Waals surface area contributed by atoms with Crippen molar-refractivity contribution in [2.75, 3.05) is 0 Å². The van der Waals surface area contributed by atoms with Crippen molar-refractivity contribution in [3.05, 3.63) is 16.1 Å². The van der Waals surface area contributed by atoms with Crippen LogP contribution in [0.25, 0.3) is 0 Å². The fourth-order valence-electron chi connectivity index (χ4n) is 1.58. The average Bonchev–Trinajstić information content (AvgIpc) is 2.47. The van der Waals surface area contributed by atoms with Crippen LogP contribution >= 0.6 is 11.3 Å². The highest BCUT2D eigenvalue weighted by atomic mass is 32.2. The highest BCUT2D eigenvalue weighted by Gasteiger charge is 2.35. The van der Waals surface area contributed by atoms with Gasteiger partial charge in [-0.3, -0.25) is 4.79 Å². The van der Waals surface area contributed by atoms with Gasteiger partial charge >= 0.3 is 5.97 Å². The van der Waals surface area contributed by atoms with Crippen LogP contribution < -0.4 is 0 Å². The van der Waals surface area contributed by atoms with Crippen molar-refractivity contribution in [3.8, 4) is 0 Å². The van der Waals surface area contributed by atoms with Gasteiger partial charge in [0, 0.05) is 11.1 Å². The Balaban J connectivity index is 2.98. The Labute approximate surface area is 104 Å². The number of aryl methyl sites for hydroxylation is 1. The van der Waals surface area contributed by atoms with E-state index in [0.29, 0.717) is 5.01 Å². The Bertz CT molecular complexity index is 504. The van der Waals surface area contributed by atoms with Gasteiger partial charge in [0.25, 0.3) is 0 Å². The quantitative estimate of drug-likeness (QED) is 0.881. The van der Waals surface area contributed by atoms with Gasteiger partial charge in [0.1, 0.15) is 10.8 Å². The molecule has 0 fully saturated rings. The van der Waals surface area contributed by atoms with Gasteiger partial charge in [0.2, 0.25) is 0 Å². The molecule has 0 saturated heterocycles. The number of aromatic nitrogens is 1. The first-order valence-electron chi connectivity index (χ1n) is 5.09. The Morgan fingerprint density at radius 1 is 1.53 bits per heavy atom. The zero-order valence-corrected chi connectivity index (χ0v) is 11.5. The van der Waals surface area contributed by atoms with Crippen LogP contribution in [0.1, 0.15) is 24.5 Å². The highest BCUT2D eigenvalue weighted by molar-refractivity contribution is 7.92. The fourth-order valence-corrected chi connectivity index (χ4v) is 4.63. The minimum absolute atomic E-state index is 0.305. The summed E-state index contributed by atoms with van der Waals surface area (Å²) >= 11 is 1.23. The summed E-state index contributed by atoms with van der Waals surface area (Å²) in [5.41, 5.74) is 0.747. The minimum Gasteiger partial charge on any atom is -0.480 e. The van der Waals surface area contributed by atoms with E-state index in [1.807, 2.05) is 0 Å². The zero-order chi connectivity index (χ0) is 13.2. The van der Waals surface area contributed by atoms with Gasteiger partial charge in [-0.1, -0.05) is 13.8 Å². The Morgan fingerprint density at radius 3 is 2.47 bits per heavy atom. The molecule has 1 unspecified atom stereocenters. The number of hydrogen-bond acceptors (Lipinski definition) is 5. The summed E-state index contributed by atoms with van der Waals surface area (Å²) in [5, 5.41) is 9.78. The number of carboxylic acid groups (broad SMARTS) is 1. The summed E-state index contributed by atoms with van der Waals surface area (Å²) in [6, 6.07) is 0. The van der Waals surface area contributed by atoms with Crippen molar-refractivity contribution < 1.29 is 18.3 Å². The summed E-state index contributed by atoms with van der Waals surface area (Å²) in [7, 11) is -3.71. The predicted octanol–water partition coefficient (Wildman–Crippen LogP) is 1.48. The number of carboxylic acids is 1. The normalized spacial score (nSPS) is 13.9. The molecule has 5 nitrogen and oxygen atoms in total. The molecule has 17 heavy (non-hydrogen) atoms. The molecule has 0 aliphatic carbocycles. The van der Waals surface area contributed by atoms with Crippen molar-refractivity contribution >= 4 is 27.1 Å². The van der Waals surface area contributed by atoms with E-state index in [-0.39, 0.29) is 5.75 Å². The third-order valence-corrected chi connectivity index (χ3v) is 5.57. The number of thiazole rings is 1. The monoisotopic (exact) mass is 277 g/mol. The molecule has 1 heterocycles. The number of hydrogen-bond donors (Lipinski definition) is 1. The molecule has 1 aromatic heterocycles. The minimum atomic E-state index is -3.71. The Morgan fingerprint density at radius 2 is 2.12 bits per heavy atom. The first-order chi connectivity index (χ1) is 7.74. The number of nitrogens with zero attached hydrogens (tertiary/aromatic N) is 1. The second kappa shape index (κ2) is 5.14. The molecule has 0 aliphatic rings. The van der Waals surface area contributed by atoms with Gasteiger partial charge in [-0.2, -0.15) is 0 Å². The third kappa shape index (κ3) is 3.50. The second-order valence-corrected chi connectivity index (χ2v) is 7.26. The molecule has 1 N–H and O–H groups in total. The molecule has 0 radical (unpaired) electrons. The molecule has 1 atom stereocenters. The van der Waals surface area contributed by atoms with Crippen molar-refractivity contribution in [1.82, 2.24) is 4.98 Å². The Kier molecular flexibility index (Phi) is 4.26. The third-order valence-electron chi connectivity index (χ3n) is 2.23. The van der Waals surface area contributed by atoms with Crippen molar-refractivity contribution in [1.29, 1.82) is 0 Å². The molecular weight excluding hydrogens is 262 g/mol. The molecule has 0 amide bonds. The summed E-state index contributed by atoms with van der Waals surface area (Å²) in [6.07, 6.45) is 0. The van der Waals surface area contributed by atoms with Crippen LogP contribution in [0.4, 0.5) is 0 Å². The summed E-state index contributed by atoms with van der Waals surface area (Å²) < 4.78 is 24.0. The number of carbonyl (C=O) groups is 1. The summed E-state index contributed by atoms with van der Waals surface area (Å²) in [6.45, 7) is 4.94. The molecule has 0 saturated carbocycles. The number of rotatable bonds is 5. The topological polar surface area (TPSA) is 84.3 Å². The fraction of sp³-hybridized carbons (Fsp3) is 0.600. The van der Waals surface area contributed by atoms with Gasteiger partial charge in [0.05, 0.1) is 0 Å². The van der Waals surface area contributed by atoms with Gasteiger partial charge in [0.15, 0.2) is 15.1 Å². The molecule has 0 bridgehead atoms. The van der Waals surface area contributed by atoms with Crippen LogP contribution in [0.2, 0.25) is 0 Å². The van der Waals surface area contributed by atoms with Gasteiger partial charge in [-0.05, 0) is 12.8 Å². The first kappa shape index (κ1) is 14.1. The zero-order valence-electron chi connectivity index (χ0n) is 9.87. The largest absolute Gasteiger partial charge is 0.480 e. The average molecular weight is 277 g/mol. The Hall–Kier alpha value is -0.950. The lowest BCUT2D eigenvalue weighted by Gasteiger charge is -2.15. The SMILES string of the molecule is Cc1csc(CS(=O)(=O)C(C(=O)O)C(C)C)n1. The van der Waals surface area contributed by atoms with Gasteiger partial charge < -0.3 is 5.11 Å². The van der Waals surface area contributed by atoms with Crippen LogP contribution in [0.15, 0.2) is 5.38 Å². The maximum absolute atomic E-state index is 12.0. The molecule has 0 spiro atoms. The summed E-state index contributed by atoms with van der Waals surface area (Å²) in [4.78, 5) is 15.0. The van der Waals surface area contributed by atoms with Crippen molar-refractivity contribution in [2.24, 2.45) is 5.92 Å². The van der Waals surface area contributed by atoms with E-state index in [1.54, 1.807) is 26.2 Å². The first-order valence-corrected chi connectivity index (χ1v) is 7.69.